The molecule has 0 spiro atoms. The third-order valence-corrected chi connectivity index (χ3v) is 8.55. The lowest BCUT2D eigenvalue weighted by atomic mass is 9.91. The van der Waals surface area contributed by atoms with Crippen LogP contribution in [0.3, 0.4) is 0 Å². The molecule has 1 saturated carbocycles. The Kier molecular flexibility index (Phi) is 8.70. The lowest BCUT2D eigenvalue weighted by Gasteiger charge is -2.41. The zero-order valence-electron chi connectivity index (χ0n) is 23.2. The second-order valence-electron chi connectivity index (χ2n) is 10.8. The molecule has 4 rings (SSSR count). The largest absolute Gasteiger partial charge is 0.522 e. The van der Waals surface area contributed by atoms with Gasteiger partial charge >= 0.3 is 16.6 Å². The van der Waals surface area contributed by atoms with Crippen LogP contribution in [0.15, 0.2) is 47.6 Å². The van der Waals surface area contributed by atoms with Crippen molar-refractivity contribution in [3.63, 3.8) is 0 Å². The molecule has 2 aromatic rings. The number of pyridine rings is 1. The Bertz CT molecular complexity index is 1510. The van der Waals surface area contributed by atoms with E-state index in [1.54, 1.807) is 0 Å². The standard InChI is InChI=1S/C26H24F11N5O3S/c27-16-9-15(11-39-12-16)22(23(43)40-17-5-7-25(28,29)8-6-17)42(18-1-3-20(4-2-18)46(33,34,35,36)37)24(44)21-10-19(13-41(21)14-38)45-26(30,31)32/h1-4,9,11-12,17,19,21-22H,5-8,10,13H2,(H,40,43)/t19-,21-,22?/m1/s1. The minimum absolute atomic E-state index is 0.0918. The maximum absolute atomic E-state index is 14.3. The maximum atomic E-state index is 14.3. The van der Waals surface area contributed by atoms with E-state index in [2.05, 4.69) is 15.0 Å². The van der Waals surface area contributed by atoms with Crippen molar-refractivity contribution in [3.8, 4) is 6.19 Å². The summed E-state index contributed by atoms with van der Waals surface area (Å²) < 4.78 is 152. The molecule has 1 aliphatic heterocycles. The first kappa shape index (κ1) is 35.0. The number of nitrogens with one attached hydrogen (secondary N) is 1. The Morgan fingerprint density at radius 2 is 1.70 bits per heavy atom. The van der Waals surface area contributed by atoms with E-state index in [-0.39, 0.29) is 25.0 Å². The third kappa shape index (κ3) is 8.48. The van der Waals surface area contributed by atoms with Gasteiger partial charge in [-0.25, -0.2) is 13.2 Å². The molecule has 2 aliphatic rings. The molecule has 1 aromatic carbocycles. The van der Waals surface area contributed by atoms with Crippen molar-refractivity contribution in [3.05, 3.63) is 54.1 Å². The number of benzene rings is 1. The molecule has 20 heteroatoms. The summed E-state index contributed by atoms with van der Waals surface area (Å²) in [6.45, 7) is -0.780. The smallest absolute Gasteiger partial charge is 0.351 e. The number of likely N-dealkylation sites (tertiary alicyclic amines) is 1. The quantitative estimate of drug-likeness (QED) is 0.234. The average Bonchev–Trinajstić information content (AvgIpc) is 3.32. The lowest BCUT2D eigenvalue weighted by Crippen LogP contribution is -2.52. The number of amides is 2. The first-order chi connectivity index (χ1) is 21.0. The zero-order valence-corrected chi connectivity index (χ0v) is 24.0. The highest BCUT2D eigenvalue weighted by Crippen LogP contribution is 3.02. The summed E-state index contributed by atoms with van der Waals surface area (Å²) in [5.74, 6) is -6.68. The maximum Gasteiger partial charge on any atom is 0.522 e. The van der Waals surface area contributed by atoms with Gasteiger partial charge in [0.2, 0.25) is 11.8 Å². The summed E-state index contributed by atoms with van der Waals surface area (Å²) in [6, 6.07) is -3.57. The van der Waals surface area contributed by atoms with E-state index in [9.17, 15) is 60.6 Å². The number of rotatable bonds is 8. The van der Waals surface area contributed by atoms with Crippen LogP contribution in [-0.4, -0.2) is 58.7 Å². The van der Waals surface area contributed by atoms with Gasteiger partial charge in [-0.1, -0.05) is 19.4 Å². The van der Waals surface area contributed by atoms with Gasteiger partial charge in [0.25, 0.3) is 5.91 Å². The van der Waals surface area contributed by atoms with Crippen molar-refractivity contribution >= 4 is 27.7 Å². The molecular formula is C26H24F11N5O3S. The Morgan fingerprint density at radius 1 is 1.09 bits per heavy atom. The number of aromatic nitrogens is 1. The van der Waals surface area contributed by atoms with Gasteiger partial charge in [-0.15, -0.1) is 13.2 Å². The molecule has 2 fully saturated rings. The first-order valence-electron chi connectivity index (χ1n) is 13.3. The predicted molar refractivity (Wildman–Crippen MR) is 139 cm³/mol. The van der Waals surface area contributed by atoms with E-state index in [1.165, 1.54) is 6.19 Å². The summed E-state index contributed by atoms with van der Waals surface area (Å²) in [5, 5.41) is 12.0. The third-order valence-electron chi connectivity index (χ3n) is 7.39. The van der Waals surface area contributed by atoms with Gasteiger partial charge in [0.1, 0.15) is 22.8 Å². The molecule has 8 nitrogen and oxygen atoms in total. The van der Waals surface area contributed by atoms with Crippen molar-refractivity contribution in [2.24, 2.45) is 0 Å². The molecule has 1 aliphatic carbocycles. The summed E-state index contributed by atoms with van der Waals surface area (Å²) in [4.78, 5) is 30.0. The molecule has 2 heterocycles. The highest BCUT2D eigenvalue weighted by atomic mass is 32.5. The van der Waals surface area contributed by atoms with Crippen LogP contribution in [0.1, 0.15) is 43.7 Å². The lowest BCUT2D eigenvalue weighted by molar-refractivity contribution is -0.340. The molecule has 1 unspecified atom stereocenters. The van der Waals surface area contributed by atoms with E-state index in [0.717, 1.165) is 6.20 Å². The normalized spacial score (nSPS) is 22.7. The fourth-order valence-corrected chi connectivity index (χ4v) is 5.95. The van der Waals surface area contributed by atoms with E-state index < -0.39 is 106 Å². The number of anilines is 1. The van der Waals surface area contributed by atoms with Crippen molar-refractivity contribution in [1.29, 1.82) is 5.26 Å². The summed E-state index contributed by atoms with van der Waals surface area (Å²) >= 11 is 0. The minimum atomic E-state index is -10.3. The Labute approximate surface area is 253 Å². The fourth-order valence-electron chi connectivity index (χ4n) is 5.30. The van der Waals surface area contributed by atoms with Crippen LogP contribution in [0.2, 0.25) is 0 Å². The van der Waals surface area contributed by atoms with Gasteiger partial charge < -0.3 is 5.32 Å². The molecule has 1 saturated heterocycles. The van der Waals surface area contributed by atoms with Crippen molar-refractivity contribution in [2.45, 2.75) is 73.5 Å². The molecule has 2 amide bonds. The van der Waals surface area contributed by atoms with Crippen LogP contribution < -0.4 is 10.2 Å². The number of nitrogens with zero attached hydrogens (tertiary/aromatic N) is 4. The number of hydrogen-bond acceptors (Lipinski definition) is 6. The van der Waals surface area contributed by atoms with Gasteiger partial charge in [-0.2, -0.15) is 5.26 Å². The van der Waals surface area contributed by atoms with Crippen LogP contribution in [0, 0.1) is 17.3 Å². The average molecular weight is 696 g/mol. The van der Waals surface area contributed by atoms with E-state index in [4.69, 9.17) is 0 Å². The van der Waals surface area contributed by atoms with E-state index >= 15 is 0 Å². The van der Waals surface area contributed by atoms with E-state index in [0.29, 0.717) is 34.2 Å². The molecule has 3 atom stereocenters. The number of halogens is 11. The van der Waals surface area contributed by atoms with Crippen LogP contribution in [-0.2, 0) is 14.3 Å². The number of carbonyl (C=O) groups is 2. The predicted octanol–water partition coefficient (Wildman–Crippen LogP) is 7.11. The van der Waals surface area contributed by atoms with Crippen molar-refractivity contribution < 1.29 is 60.1 Å². The van der Waals surface area contributed by atoms with Gasteiger partial charge in [-0.05, 0) is 43.2 Å². The van der Waals surface area contributed by atoms with Gasteiger partial charge in [0.15, 0.2) is 6.19 Å². The number of nitriles is 1. The van der Waals surface area contributed by atoms with E-state index in [1.807, 2.05) is 0 Å². The number of ether oxygens (including phenoxy) is 1. The number of hydrogen-bond donors (Lipinski definition) is 1. The van der Waals surface area contributed by atoms with Crippen molar-refractivity contribution in [1.82, 2.24) is 15.2 Å². The van der Waals surface area contributed by atoms with Crippen molar-refractivity contribution in [2.75, 3.05) is 11.4 Å². The van der Waals surface area contributed by atoms with Crippen LogP contribution in [0.25, 0.3) is 0 Å². The zero-order chi connectivity index (χ0) is 34.4. The molecule has 1 aromatic heterocycles. The molecule has 1 N–H and O–H groups in total. The Hall–Kier alpha value is -3.86. The summed E-state index contributed by atoms with van der Waals surface area (Å²) in [6.07, 6.45) is -6.53. The number of alkyl halides is 5. The summed E-state index contributed by atoms with van der Waals surface area (Å²) in [7, 11) is -10.3. The highest BCUT2D eigenvalue weighted by Gasteiger charge is 2.65. The highest BCUT2D eigenvalue weighted by molar-refractivity contribution is 8.45. The SMILES string of the molecule is N#CN1C[C@H](OC(F)(F)F)C[C@@H]1C(=O)N(c1ccc(S(F)(F)(F)(F)F)cc1)C(C(=O)NC1CCC(F)(F)CC1)c1cncc(F)c1. The van der Waals surface area contributed by atoms with Gasteiger partial charge in [0.05, 0.1) is 18.8 Å². The molecule has 0 bridgehead atoms. The second kappa shape index (κ2) is 11.4. The second-order valence-corrected chi connectivity index (χ2v) is 13.2. The topological polar surface area (TPSA) is 98.6 Å². The van der Waals surface area contributed by atoms with Gasteiger partial charge in [0, 0.05) is 42.8 Å². The Morgan fingerprint density at radius 3 is 2.22 bits per heavy atom. The fraction of sp³-hybridized carbons (Fsp3) is 0.462. The van der Waals surface area contributed by atoms with Gasteiger partial charge in [-0.3, -0.25) is 29.1 Å². The Balaban J connectivity index is 1.82. The first-order valence-corrected chi connectivity index (χ1v) is 15.3. The monoisotopic (exact) mass is 695 g/mol. The molecule has 0 radical (unpaired) electrons. The molecule has 254 valence electrons. The van der Waals surface area contributed by atoms with Crippen LogP contribution in [0.4, 0.5) is 51.5 Å². The summed E-state index contributed by atoms with van der Waals surface area (Å²) in [5.41, 5.74) is -1.12. The number of carbonyl (C=O) groups excluding carboxylic acids is 2. The molecular weight excluding hydrogens is 671 g/mol. The van der Waals surface area contributed by atoms with Crippen LogP contribution >= 0.6 is 10.2 Å². The minimum Gasteiger partial charge on any atom is -0.351 e. The van der Waals surface area contributed by atoms with Crippen LogP contribution in [0.5, 0.6) is 0 Å². The molecule has 46 heavy (non-hydrogen) atoms.